The molecule has 1 aromatic carbocycles. The average molecular weight is 234 g/mol. The Morgan fingerprint density at radius 1 is 1.35 bits per heavy atom. The van der Waals surface area contributed by atoms with Gasteiger partial charge in [-0.3, -0.25) is 0 Å². The van der Waals surface area contributed by atoms with Gasteiger partial charge in [0.2, 0.25) is 0 Å². The van der Waals surface area contributed by atoms with Crippen molar-refractivity contribution >= 4 is 5.69 Å². The summed E-state index contributed by atoms with van der Waals surface area (Å²) in [5, 5.41) is 3.23. The van der Waals surface area contributed by atoms with Gasteiger partial charge in [0.25, 0.3) is 0 Å². The summed E-state index contributed by atoms with van der Waals surface area (Å²) in [6.45, 7) is 7.13. The van der Waals surface area contributed by atoms with Crippen LogP contribution in [0, 0.1) is 5.82 Å². The Bertz CT molecular complexity index is 384. The molecule has 1 fully saturated rings. The quantitative estimate of drug-likeness (QED) is 0.622. The number of anilines is 1. The molecular formula is C14H19FN2. The summed E-state index contributed by atoms with van der Waals surface area (Å²) in [4.78, 5) is 2.13. The molecule has 2 rings (SSSR count). The van der Waals surface area contributed by atoms with E-state index in [1.54, 1.807) is 6.07 Å². The first-order chi connectivity index (χ1) is 8.31. The highest BCUT2D eigenvalue weighted by Gasteiger charge is 2.16. The van der Waals surface area contributed by atoms with Gasteiger partial charge >= 0.3 is 0 Å². The summed E-state index contributed by atoms with van der Waals surface area (Å²) in [6.07, 6.45) is 4.15. The van der Waals surface area contributed by atoms with Crippen LogP contribution in [0.4, 0.5) is 10.1 Å². The van der Waals surface area contributed by atoms with Gasteiger partial charge in [0.1, 0.15) is 5.82 Å². The largest absolute Gasteiger partial charge is 0.369 e. The summed E-state index contributed by atoms with van der Waals surface area (Å²) >= 11 is 0. The summed E-state index contributed by atoms with van der Waals surface area (Å²) in [5.41, 5.74) is 1.87. The van der Waals surface area contributed by atoms with Crippen molar-refractivity contribution in [1.82, 2.24) is 5.32 Å². The SMILES string of the molecule is C=CCNCc1ccc(F)c(N2CCCC2)c1. The average Bonchev–Trinajstić information content (AvgIpc) is 2.85. The molecule has 1 heterocycles. The van der Waals surface area contributed by atoms with E-state index in [0.29, 0.717) is 0 Å². The molecular weight excluding hydrogens is 215 g/mol. The minimum Gasteiger partial charge on any atom is -0.369 e. The normalized spacial score (nSPS) is 15.2. The van der Waals surface area contributed by atoms with Crippen molar-refractivity contribution in [2.75, 3.05) is 24.5 Å². The number of nitrogens with one attached hydrogen (secondary N) is 1. The van der Waals surface area contributed by atoms with Crippen LogP contribution in [0.5, 0.6) is 0 Å². The highest BCUT2D eigenvalue weighted by molar-refractivity contribution is 5.50. The molecule has 1 aromatic rings. The fraction of sp³-hybridized carbons (Fsp3) is 0.429. The zero-order chi connectivity index (χ0) is 12.1. The first-order valence-corrected chi connectivity index (χ1v) is 6.16. The molecule has 0 amide bonds. The van der Waals surface area contributed by atoms with Crippen LogP contribution in [0.15, 0.2) is 30.9 Å². The molecule has 1 saturated heterocycles. The van der Waals surface area contributed by atoms with E-state index in [2.05, 4.69) is 16.8 Å². The summed E-state index contributed by atoms with van der Waals surface area (Å²) < 4.78 is 13.7. The van der Waals surface area contributed by atoms with Gasteiger partial charge in [0.15, 0.2) is 0 Å². The highest BCUT2D eigenvalue weighted by Crippen LogP contribution is 2.24. The van der Waals surface area contributed by atoms with E-state index in [9.17, 15) is 4.39 Å². The number of hydrogen-bond donors (Lipinski definition) is 1. The second-order valence-electron chi connectivity index (χ2n) is 4.40. The third-order valence-electron chi connectivity index (χ3n) is 3.08. The molecule has 1 N–H and O–H groups in total. The molecule has 0 atom stereocenters. The first-order valence-electron chi connectivity index (χ1n) is 6.16. The zero-order valence-corrected chi connectivity index (χ0v) is 10.1. The van der Waals surface area contributed by atoms with E-state index in [1.165, 1.54) is 12.8 Å². The van der Waals surface area contributed by atoms with Crippen LogP contribution >= 0.6 is 0 Å². The van der Waals surface area contributed by atoms with E-state index in [-0.39, 0.29) is 5.82 Å². The maximum absolute atomic E-state index is 13.7. The maximum atomic E-state index is 13.7. The van der Waals surface area contributed by atoms with Crippen LogP contribution in [-0.2, 0) is 6.54 Å². The third-order valence-corrected chi connectivity index (χ3v) is 3.08. The summed E-state index contributed by atoms with van der Waals surface area (Å²) in [6, 6.07) is 5.36. The van der Waals surface area contributed by atoms with E-state index in [1.807, 2.05) is 18.2 Å². The van der Waals surface area contributed by atoms with Crippen LogP contribution in [0.25, 0.3) is 0 Å². The predicted molar refractivity (Wildman–Crippen MR) is 69.8 cm³/mol. The lowest BCUT2D eigenvalue weighted by atomic mass is 10.1. The van der Waals surface area contributed by atoms with Crippen LogP contribution in [0.3, 0.4) is 0 Å². The lowest BCUT2D eigenvalue weighted by molar-refractivity contribution is 0.621. The second kappa shape index (κ2) is 5.82. The third kappa shape index (κ3) is 3.07. The van der Waals surface area contributed by atoms with Crippen LogP contribution in [0.1, 0.15) is 18.4 Å². The van der Waals surface area contributed by atoms with E-state index in [4.69, 9.17) is 0 Å². The Morgan fingerprint density at radius 3 is 2.82 bits per heavy atom. The first kappa shape index (κ1) is 12.1. The van der Waals surface area contributed by atoms with Gasteiger partial charge in [-0.05, 0) is 30.5 Å². The number of halogens is 1. The van der Waals surface area contributed by atoms with E-state index in [0.717, 1.165) is 37.4 Å². The number of hydrogen-bond acceptors (Lipinski definition) is 2. The van der Waals surface area contributed by atoms with Gasteiger partial charge in [-0.1, -0.05) is 12.1 Å². The molecule has 2 nitrogen and oxygen atoms in total. The predicted octanol–water partition coefficient (Wildman–Crippen LogP) is 2.70. The maximum Gasteiger partial charge on any atom is 0.146 e. The van der Waals surface area contributed by atoms with Crippen LogP contribution in [0.2, 0.25) is 0 Å². The summed E-state index contributed by atoms with van der Waals surface area (Å²) in [7, 11) is 0. The molecule has 0 spiro atoms. The fourth-order valence-corrected chi connectivity index (χ4v) is 2.19. The van der Waals surface area contributed by atoms with Gasteiger partial charge in [0, 0.05) is 26.2 Å². The zero-order valence-electron chi connectivity index (χ0n) is 10.1. The highest BCUT2D eigenvalue weighted by atomic mass is 19.1. The van der Waals surface area contributed by atoms with Crippen molar-refractivity contribution < 1.29 is 4.39 Å². The Hall–Kier alpha value is -1.35. The van der Waals surface area contributed by atoms with Crippen molar-refractivity contribution in [1.29, 1.82) is 0 Å². The molecule has 1 aliphatic heterocycles. The molecule has 92 valence electrons. The molecule has 17 heavy (non-hydrogen) atoms. The van der Waals surface area contributed by atoms with Crippen molar-refractivity contribution in [3.63, 3.8) is 0 Å². The van der Waals surface area contributed by atoms with Crippen LogP contribution < -0.4 is 10.2 Å². The molecule has 0 aromatic heterocycles. The molecule has 0 unspecified atom stereocenters. The minimum atomic E-state index is -0.112. The second-order valence-corrected chi connectivity index (χ2v) is 4.40. The fourth-order valence-electron chi connectivity index (χ4n) is 2.19. The molecule has 0 radical (unpaired) electrons. The Balaban J connectivity index is 2.08. The van der Waals surface area contributed by atoms with Gasteiger partial charge < -0.3 is 10.2 Å². The van der Waals surface area contributed by atoms with E-state index >= 15 is 0 Å². The summed E-state index contributed by atoms with van der Waals surface area (Å²) in [5.74, 6) is -0.112. The Labute approximate surface area is 102 Å². The Morgan fingerprint density at radius 2 is 2.12 bits per heavy atom. The van der Waals surface area contributed by atoms with Gasteiger partial charge in [-0.25, -0.2) is 4.39 Å². The minimum absolute atomic E-state index is 0.112. The van der Waals surface area contributed by atoms with Gasteiger partial charge in [-0.2, -0.15) is 0 Å². The monoisotopic (exact) mass is 234 g/mol. The Kier molecular flexibility index (Phi) is 4.15. The topological polar surface area (TPSA) is 15.3 Å². The van der Waals surface area contributed by atoms with E-state index < -0.39 is 0 Å². The lowest BCUT2D eigenvalue weighted by Gasteiger charge is -2.19. The van der Waals surface area contributed by atoms with Crippen molar-refractivity contribution in [2.24, 2.45) is 0 Å². The molecule has 1 aliphatic rings. The smallest absolute Gasteiger partial charge is 0.146 e. The van der Waals surface area contributed by atoms with Crippen LogP contribution in [-0.4, -0.2) is 19.6 Å². The van der Waals surface area contributed by atoms with Crippen molar-refractivity contribution in [2.45, 2.75) is 19.4 Å². The van der Waals surface area contributed by atoms with Crippen molar-refractivity contribution in [3.05, 3.63) is 42.2 Å². The standard InChI is InChI=1S/C14H19FN2/c1-2-7-16-11-12-5-6-13(15)14(10-12)17-8-3-4-9-17/h2,5-6,10,16H,1,3-4,7-9,11H2. The lowest BCUT2D eigenvalue weighted by Crippen LogP contribution is -2.20. The van der Waals surface area contributed by atoms with Gasteiger partial charge in [-0.15, -0.1) is 6.58 Å². The molecule has 0 aliphatic carbocycles. The molecule has 0 bridgehead atoms. The number of nitrogens with zero attached hydrogens (tertiary/aromatic N) is 1. The molecule has 0 saturated carbocycles. The van der Waals surface area contributed by atoms with Crippen molar-refractivity contribution in [3.8, 4) is 0 Å². The molecule has 3 heteroatoms. The number of benzene rings is 1. The van der Waals surface area contributed by atoms with Gasteiger partial charge in [0.05, 0.1) is 5.69 Å². The number of rotatable bonds is 5.